The van der Waals surface area contributed by atoms with E-state index in [0.717, 1.165) is 0 Å². The van der Waals surface area contributed by atoms with E-state index in [1.54, 1.807) is 0 Å². The smallest absolute Gasteiger partial charge is 0.326 e. The Kier molecular flexibility index (Phi) is 9.52. The molecule has 1 fully saturated rings. The van der Waals surface area contributed by atoms with Gasteiger partial charge in [-0.3, -0.25) is 24.0 Å². The fourth-order valence-corrected chi connectivity index (χ4v) is 3.21. The normalized spacial score (nSPS) is 18.7. The Bertz CT molecular complexity index is 718. The molecule has 0 saturated carbocycles. The van der Waals surface area contributed by atoms with E-state index in [2.05, 4.69) is 23.3 Å². The summed E-state index contributed by atoms with van der Waals surface area (Å²) in [4.78, 5) is 71.7. The van der Waals surface area contributed by atoms with Crippen LogP contribution in [0.3, 0.4) is 0 Å². The van der Waals surface area contributed by atoms with Crippen LogP contribution in [0.1, 0.15) is 25.7 Å². The van der Waals surface area contributed by atoms with Crippen LogP contribution in [-0.2, 0) is 28.8 Å². The highest BCUT2D eigenvalue weighted by Gasteiger charge is 2.38. The fourth-order valence-electron chi connectivity index (χ4n) is 2.96. The van der Waals surface area contributed by atoms with Gasteiger partial charge in [0.05, 0.1) is 18.9 Å². The maximum atomic E-state index is 12.6. The molecule has 168 valence electrons. The van der Waals surface area contributed by atoms with Crippen LogP contribution < -0.4 is 27.8 Å². The average Bonchev–Trinajstić information content (AvgIpc) is 3.13. The van der Waals surface area contributed by atoms with Gasteiger partial charge in [-0.1, -0.05) is 0 Å². The minimum atomic E-state index is -1.56. The molecular formula is C16H26N6O7S. The molecule has 5 amide bonds. The number of carbonyl (C=O) groups excluding carboxylic acids is 5. The van der Waals surface area contributed by atoms with E-state index < -0.39 is 66.1 Å². The fraction of sp³-hybridized carbons (Fsp3) is 0.625. The van der Waals surface area contributed by atoms with Gasteiger partial charge < -0.3 is 37.8 Å². The molecule has 30 heavy (non-hydrogen) atoms. The van der Waals surface area contributed by atoms with Crippen LogP contribution in [0.5, 0.6) is 0 Å². The van der Waals surface area contributed by atoms with Crippen LogP contribution in [0.15, 0.2) is 0 Å². The van der Waals surface area contributed by atoms with Crippen molar-refractivity contribution in [3.05, 3.63) is 0 Å². The largest absolute Gasteiger partial charge is 0.480 e. The Labute approximate surface area is 177 Å². The molecule has 1 aliphatic rings. The SMILES string of the molecule is NC(=O)CC(N)C(=O)N1CCCC1C(=O)NC(CS)C(=O)NC(CC(N)=O)C(=O)O. The highest BCUT2D eigenvalue weighted by atomic mass is 32.1. The van der Waals surface area contributed by atoms with E-state index in [0.29, 0.717) is 12.8 Å². The maximum Gasteiger partial charge on any atom is 0.326 e. The molecule has 1 aliphatic heterocycles. The molecule has 4 unspecified atom stereocenters. The average molecular weight is 446 g/mol. The van der Waals surface area contributed by atoms with Gasteiger partial charge in [-0.25, -0.2) is 4.79 Å². The van der Waals surface area contributed by atoms with Gasteiger partial charge in [-0.05, 0) is 12.8 Å². The van der Waals surface area contributed by atoms with Gasteiger partial charge in [0.2, 0.25) is 29.5 Å². The minimum Gasteiger partial charge on any atom is -0.480 e. The van der Waals surface area contributed by atoms with Crippen molar-refractivity contribution in [2.24, 2.45) is 17.2 Å². The van der Waals surface area contributed by atoms with Crippen LogP contribution in [0.25, 0.3) is 0 Å². The van der Waals surface area contributed by atoms with Crippen molar-refractivity contribution in [3.8, 4) is 0 Å². The Balaban J connectivity index is 2.80. The minimum absolute atomic E-state index is 0.178. The van der Waals surface area contributed by atoms with E-state index in [1.165, 1.54) is 4.90 Å². The molecular weight excluding hydrogens is 420 g/mol. The molecule has 0 radical (unpaired) electrons. The third-order valence-corrected chi connectivity index (χ3v) is 4.78. The van der Waals surface area contributed by atoms with Gasteiger partial charge in [-0.2, -0.15) is 12.6 Å². The summed E-state index contributed by atoms with van der Waals surface area (Å²) in [7, 11) is 0. The van der Waals surface area contributed by atoms with E-state index in [-0.39, 0.29) is 18.7 Å². The molecule has 0 bridgehead atoms. The number of thiol groups is 1. The zero-order valence-electron chi connectivity index (χ0n) is 16.1. The van der Waals surface area contributed by atoms with Crippen LogP contribution in [-0.4, -0.2) is 82.0 Å². The van der Waals surface area contributed by atoms with Gasteiger partial charge >= 0.3 is 5.97 Å². The van der Waals surface area contributed by atoms with Crippen LogP contribution in [0, 0.1) is 0 Å². The number of primary amides is 2. The number of carboxylic acid groups (broad SMARTS) is 1. The summed E-state index contributed by atoms with van der Waals surface area (Å²) in [6.07, 6.45) is -0.190. The Morgan fingerprint density at radius 2 is 1.63 bits per heavy atom. The van der Waals surface area contributed by atoms with Crippen LogP contribution >= 0.6 is 12.6 Å². The number of aliphatic carboxylic acids is 1. The number of nitrogens with one attached hydrogen (secondary N) is 2. The lowest BCUT2D eigenvalue weighted by Gasteiger charge is -2.28. The number of hydrogen-bond acceptors (Lipinski definition) is 8. The monoisotopic (exact) mass is 446 g/mol. The number of likely N-dealkylation sites (tertiary alicyclic amines) is 1. The van der Waals surface area contributed by atoms with Crippen LogP contribution in [0.2, 0.25) is 0 Å². The number of nitrogens with two attached hydrogens (primary N) is 3. The van der Waals surface area contributed by atoms with Gasteiger partial charge in [0.25, 0.3) is 0 Å². The topological polar surface area (TPSA) is 228 Å². The van der Waals surface area contributed by atoms with Crippen molar-refractivity contribution in [1.82, 2.24) is 15.5 Å². The molecule has 0 aromatic heterocycles. The number of carboxylic acids is 1. The molecule has 0 aliphatic carbocycles. The highest BCUT2D eigenvalue weighted by molar-refractivity contribution is 7.80. The predicted octanol–water partition coefficient (Wildman–Crippen LogP) is -3.96. The lowest BCUT2D eigenvalue weighted by atomic mass is 10.1. The highest BCUT2D eigenvalue weighted by Crippen LogP contribution is 2.19. The van der Waals surface area contributed by atoms with E-state index >= 15 is 0 Å². The second-order valence-corrected chi connectivity index (χ2v) is 7.15. The summed E-state index contributed by atoms with van der Waals surface area (Å²) in [6, 6.07) is -4.91. The molecule has 1 heterocycles. The second kappa shape index (κ2) is 11.3. The Morgan fingerprint density at radius 1 is 1.03 bits per heavy atom. The van der Waals surface area contributed by atoms with Crippen molar-refractivity contribution in [1.29, 1.82) is 0 Å². The molecule has 9 N–H and O–H groups in total. The van der Waals surface area contributed by atoms with Crippen molar-refractivity contribution < 1.29 is 33.9 Å². The zero-order chi connectivity index (χ0) is 23.0. The summed E-state index contributed by atoms with van der Waals surface area (Å²) < 4.78 is 0. The predicted molar refractivity (Wildman–Crippen MR) is 106 cm³/mol. The Morgan fingerprint density at radius 3 is 2.13 bits per heavy atom. The van der Waals surface area contributed by atoms with Crippen molar-refractivity contribution >= 4 is 48.1 Å². The van der Waals surface area contributed by atoms with Crippen molar-refractivity contribution in [2.45, 2.75) is 49.9 Å². The summed E-state index contributed by atoms with van der Waals surface area (Å²) in [5.41, 5.74) is 15.7. The Hall–Kier alpha value is -2.87. The number of amides is 5. The molecule has 1 saturated heterocycles. The quantitative estimate of drug-likeness (QED) is 0.154. The van der Waals surface area contributed by atoms with Gasteiger partial charge in [0.15, 0.2) is 0 Å². The molecule has 1 rings (SSSR count). The third-order valence-electron chi connectivity index (χ3n) is 4.41. The van der Waals surface area contributed by atoms with Gasteiger partial charge in [-0.15, -0.1) is 0 Å². The first kappa shape index (κ1) is 25.2. The van der Waals surface area contributed by atoms with Gasteiger partial charge in [0, 0.05) is 12.3 Å². The first-order valence-corrected chi connectivity index (χ1v) is 9.68. The van der Waals surface area contributed by atoms with E-state index in [4.69, 9.17) is 22.3 Å². The zero-order valence-corrected chi connectivity index (χ0v) is 17.0. The first-order chi connectivity index (χ1) is 14.0. The maximum absolute atomic E-state index is 12.6. The van der Waals surface area contributed by atoms with Crippen molar-refractivity contribution in [2.75, 3.05) is 12.3 Å². The van der Waals surface area contributed by atoms with Crippen LogP contribution in [0.4, 0.5) is 0 Å². The summed E-state index contributed by atoms with van der Waals surface area (Å²) in [5, 5.41) is 13.6. The first-order valence-electron chi connectivity index (χ1n) is 9.05. The molecule has 14 heteroatoms. The number of nitrogens with zero attached hydrogens (tertiary/aromatic N) is 1. The lowest BCUT2D eigenvalue weighted by Crippen LogP contribution is -2.57. The van der Waals surface area contributed by atoms with Gasteiger partial charge in [0.1, 0.15) is 18.1 Å². The standard InChI is InChI=1S/C16H26N6O7S/c17-7(4-11(18)23)15(27)22-3-1-2-10(22)14(26)21-9(6-30)13(25)20-8(16(28)29)5-12(19)24/h7-10,30H,1-6,17H2,(H2,18,23)(H2,19,24)(H,20,25)(H,21,26)(H,28,29). The summed E-state index contributed by atoms with van der Waals surface area (Å²) in [5.74, 6) is -5.50. The molecule has 4 atom stereocenters. The molecule has 0 aromatic carbocycles. The lowest BCUT2D eigenvalue weighted by molar-refractivity contribution is -0.144. The van der Waals surface area contributed by atoms with E-state index in [9.17, 15) is 28.8 Å². The molecule has 0 spiro atoms. The number of rotatable bonds is 11. The molecule has 0 aromatic rings. The summed E-state index contributed by atoms with van der Waals surface area (Å²) in [6.45, 7) is 0.237. The van der Waals surface area contributed by atoms with E-state index in [1.807, 2.05) is 0 Å². The summed E-state index contributed by atoms with van der Waals surface area (Å²) >= 11 is 3.98. The second-order valence-electron chi connectivity index (χ2n) is 6.78. The number of carbonyl (C=O) groups is 6. The number of hydrogen-bond donors (Lipinski definition) is 7. The van der Waals surface area contributed by atoms with Crippen molar-refractivity contribution in [3.63, 3.8) is 0 Å². The third kappa shape index (κ3) is 7.18. The molecule has 13 nitrogen and oxygen atoms in total.